The van der Waals surface area contributed by atoms with E-state index in [4.69, 9.17) is 13.6 Å². The summed E-state index contributed by atoms with van der Waals surface area (Å²) >= 11 is -3.46. The Morgan fingerprint density at radius 1 is 0.529 bits per heavy atom. The molecule has 106 valence electrons. The van der Waals surface area contributed by atoms with Crippen LogP contribution < -0.4 is 0 Å². The van der Waals surface area contributed by atoms with Gasteiger partial charge in [-0.25, -0.2) is 0 Å². The van der Waals surface area contributed by atoms with E-state index in [0.29, 0.717) is 26.4 Å². The Hall–Kier alpha value is 0.528. The first-order valence-corrected chi connectivity index (χ1v) is 9.93. The quantitative estimate of drug-likeness (QED) is 0.513. The van der Waals surface area contributed by atoms with Crippen molar-refractivity contribution in [3.8, 4) is 0 Å². The van der Waals surface area contributed by atoms with Crippen LogP contribution >= 0.6 is 0 Å². The molecule has 0 amide bonds. The summed E-state index contributed by atoms with van der Waals surface area (Å²) in [4.78, 5) is 0. The molecule has 0 radical (unpaired) electrons. The topological polar surface area (TPSA) is 36.9 Å². The maximum absolute atomic E-state index is 5.81. The summed E-state index contributed by atoms with van der Waals surface area (Å²) in [5.74, 6) is 0. The van der Waals surface area contributed by atoms with Crippen molar-refractivity contribution in [3.63, 3.8) is 0 Å². The molecule has 17 heavy (non-hydrogen) atoms. The molecule has 0 aromatic rings. The average Bonchev–Trinajstić information content (AvgIpc) is 2.37. The van der Waals surface area contributed by atoms with Crippen LogP contribution in [0.15, 0.2) is 0 Å². The fourth-order valence-electron chi connectivity index (χ4n) is 0.946. The van der Waals surface area contributed by atoms with Gasteiger partial charge in [0.1, 0.15) is 0 Å². The standard InChI is InChI=1S/4C3H7O.Mo/c4*1-2-3-4;/h4*2-3H2,1H3;/q4*-1;+4. The van der Waals surface area contributed by atoms with Crippen LogP contribution in [0, 0.1) is 0 Å². The summed E-state index contributed by atoms with van der Waals surface area (Å²) in [6.07, 6.45) is 3.81. The third-order valence-corrected chi connectivity index (χ3v) is 6.20. The van der Waals surface area contributed by atoms with E-state index < -0.39 is 17.6 Å². The zero-order valence-corrected chi connectivity index (χ0v) is 13.7. The molecule has 5 heteroatoms. The molecule has 0 N–H and O–H groups in total. The maximum atomic E-state index is 5.81. The van der Waals surface area contributed by atoms with Crippen LogP contribution in [-0.4, -0.2) is 26.4 Å². The summed E-state index contributed by atoms with van der Waals surface area (Å²) in [6.45, 7) is 10.9. The summed E-state index contributed by atoms with van der Waals surface area (Å²) in [5.41, 5.74) is 0. The van der Waals surface area contributed by atoms with Gasteiger partial charge in [0.2, 0.25) is 0 Å². The molecule has 0 rings (SSSR count). The predicted molar refractivity (Wildman–Crippen MR) is 65.0 cm³/mol. The molecular weight excluding hydrogens is 304 g/mol. The van der Waals surface area contributed by atoms with Crippen molar-refractivity contribution in [3.05, 3.63) is 0 Å². The molecule has 0 heterocycles. The van der Waals surface area contributed by atoms with Crippen LogP contribution in [-0.2, 0) is 31.1 Å². The Morgan fingerprint density at radius 2 is 0.765 bits per heavy atom. The molecule has 0 atom stereocenters. The fourth-order valence-corrected chi connectivity index (χ4v) is 5.59. The molecule has 0 saturated carbocycles. The van der Waals surface area contributed by atoms with E-state index in [-0.39, 0.29) is 0 Å². The molecule has 0 aromatic carbocycles. The second-order valence-electron chi connectivity index (χ2n) is 3.70. The molecule has 0 aliphatic carbocycles. The van der Waals surface area contributed by atoms with Crippen molar-refractivity contribution in [1.29, 1.82) is 0 Å². The third-order valence-electron chi connectivity index (χ3n) is 1.73. The minimum atomic E-state index is -3.46. The Morgan fingerprint density at radius 3 is 0.941 bits per heavy atom. The third kappa shape index (κ3) is 8.28. The van der Waals surface area contributed by atoms with Gasteiger partial charge in [0, 0.05) is 0 Å². The normalized spacial score (nSPS) is 12.9. The molecule has 0 saturated heterocycles. The molecule has 0 bridgehead atoms. The van der Waals surface area contributed by atoms with Crippen LogP contribution in [0.1, 0.15) is 53.4 Å². The molecule has 0 aliphatic rings. The van der Waals surface area contributed by atoms with Crippen LogP contribution in [0.2, 0.25) is 0 Å². The fraction of sp³-hybridized carbons (Fsp3) is 1.00. The van der Waals surface area contributed by atoms with Gasteiger partial charge in [-0.05, 0) is 0 Å². The minimum absolute atomic E-state index is 0.651. The van der Waals surface area contributed by atoms with Crippen LogP contribution in [0.4, 0.5) is 0 Å². The van der Waals surface area contributed by atoms with Gasteiger partial charge in [-0.3, -0.25) is 0 Å². The van der Waals surface area contributed by atoms with Gasteiger partial charge in [-0.15, -0.1) is 0 Å². The van der Waals surface area contributed by atoms with Crippen molar-refractivity contribution in [2.45, 2.75) is 53.4 Å². The SMILES string of the molecule is CCC[O][Mo]([O]CCC)([O]CCC)[O]CCC. The zero-order chi connectivity index (χ0) is 13.0. The number of hydrogen-bond donors (Lipinski definition) is 0. The van der Waals surface area contributed by atoms with E-state index in [1.165, 1.54) is 0 Å². The van der Waals surface area contributed by atoms with Crippen LogP contribution in [0.5, 0.6) is 0 Å². The Kier molecular flexibility index (Phi) is 12.0. The van der Waals surface area contributed by atoms with Crippen LogP contribution in [0.3, 0.4) is 0 Å². The van der Waals surface area contributed by atoms with Crippen molar-refractivity contribution >= 4 is 0 Å². The van der Waals surface area contributed by atoms with Crippen molar-refractivity contribution < 1.29 is 31.1 Å². The van der Waals surface area contributed by atoms with E-state index in [2.05, 4.69) is 27.7 Å². The first kappa shape index (κ1) is 17.5. The van der Waals surface area contributed by atoms with Gasteiger partial charge < -0.3 is 0 Å². The number of rotatable bonds is 12. The zero-order valence-electron chi connectivity index (χ0n) is 11.7. The van der Waals surface area contributed by atoms with E-state index in [1.807, 2.05) is 0 Å². The Balaban J connectivity index is 4.39. The Bertz CT molecular complexity index is 129. The monoisotopic (exact) mass is 334 g/mol. The summed E-state index contributed by atoms with van der Waals surface area (Å²) in [6, 6.07) is 0. The average molecular weight is 332 g/mol. The summed E-state index contributed by atoms with van der Waals surface area (Å²) < 4.78 is 23.2. The molecule has 0 aliphatic heterocycles. The van der Waals surface area contributed by atoms with Gasteiger partial charge in [0.15, 0.2) is 0 Å². The second-order valence-corrected chi connectivity index (χ2v) is 8.02. The van der Waals surface area contributed by atoms with E-state index >= 15 is 0 Å². The van der Waals surface area contributed by atoms with Gasteiger partial charge in [0.05, 0.1) is 0 Å². The van der Waals surface area contributed by atoms with E-state index in [1.54, 1.807) is 0 Å². The first-order valence-electron chi connectivity index (χ1n) is 6.65. The van der Waals surface area contributed by atoms with Gasteiger partial charge in [-0.2, -0.15) is 0 Å². The van der Waals surface area contributed by atoms with E-state index in [9.17, 15) is 0 Å². The first-order chi connectivity index (χ1) is 8.24. The summed E-state index contributed by atoms with van der Waals surface area (Å²) in [7, 11) is 0. The Labute approximate surface area is 111 Å². The number of hydrogen-bond acceptors (Lipinski definition) is 4. The molecule has 0 spiro atoms. The van der Waals surface area contributed by atoms with Gasteiger partial charge in [0.25, 0.3) is 0 Å². The van der Waals surface area contributed by atoms with Gasteiger partial charge in [-0.1, -0.05) is 0 Å². The molecule has 0 unspecified atom stereocenters. The molecular formula is C12H28MoO4. The molecule has 0 aromatic heterocycles. The van der Waals surface area contributed by atoms with E-state index in [0.717, 1.165) is 25.7 Å². The predicted octanol–water partition coefficient (Wildman–Crippen LogP) is 3.51. The van der Waals surface area contributed by atoms with Crippen LogP contribution in [0.25, 0.3) is 0 Å². The van der Waals surface area contributed by atoms with Gasteiger partial charge >= 0.3 is 111 Å². The second kappa shape index (κ2) is 11.6. The molecule has 4 nitrogen and oxygen atoms in total. The molecule has 0 fully saturated rings. The van der Waals surface area contributed by atoms with Crippen molar-refractivity contribution in [1.82, 2.24) is 0 Å². The van der Waals surface area contributed by atoms with Crippen molar-refractivity contribution in [2.75, 3.05) is 26.4 Å². The van der Waals surface area contributed by atoms with Crippen molar-refractivity contribution in [2.24, 2.45) is 0 Å². The summed E-state index contributed by atoms with van der Waals surface area (Å²) in [5, 5.41) is 0.